The number of rotatable bonds is 5. The van der Waals surface area contributed by atoms with Crippen molar-refractivity contribution >= 4 is 31.6 Å². The summed E-state index contributed by atoms with van der Waals surface area (Å²) >= 11 is 3.50. The molecule has 0 saturated heterocycles. The first-order chi connectivity index (χ1) is 13.8. The standard InChI is InChI=1S/C22H25BrN2O3S/c1-3-13(2)25-29(27,28)15-8-9-20-18(12-15)16-5-4-6-17(16)22(24-20)19-11-14(23)7-10-21(19)26/h4-5,7-13,16-17,22,24-26H,3,6H2,1-2H3. The molecule has 29 heavy (non-hydrogen) atoms. The first-order valence-electron chi connectivity index (χ1n) is 9.88. The molecule has 2 aliphatic rings. The average Bonchev–Trinajstić information content (AvgIpc) is 3.18. The van der Waals surface area contributed by atoms with Crippen LogP contribution in [0.5, 0.6) is 5.75 Å². The number of halogens is 1. The van der Waals surface area contributed by atoms with E-state index in [0.717, 1.165) is 34.1 Å². The van der Waals surface area contributed by atoms with Crippen LogP contribution in [0.1, 0.15) is 49.8 Å². The van der Waals surface area contributed by atoms with Crippen molar-refractivity contribution in [3.05, 3.63) is 64.1 Å². The zero-order valence-corrected chi connectivity index (χ0v) is 18.8. The Morgan fingerprint density at radius 2 is 2.03 bits per heavy atom. The maximum atomic E-state index is 12.8. The minimum atomic E-state index is -3.56. The van der Waals surface area contributed by atoms with Gasteiger partial charge in [-0.15, -0.1) is 0 Å². The van der Waals surface area contributed by atoms with Gasteiger partial charge in [-0.3, -0.25) is 0 Å². The fourth-order valence-electron chi connectivity index (χ4n) is 4.24. The number of hydrogen-bond donors (Lipinski definition) is 3. The minimum absolute atomic E-state index is 0.0549. The van der Waals surface area contributed by atoms with E-state index in [1.807, 2.05) is 32.0 Å². The number of phenols is 1. The Hall–Kier alpha value is -1.83. The van der Waals surface area contributed by atoms with E-state index in [9.17, 15) is 13.5 Å². The summed E-state index contributed by atoms with van der Waals surface area (Å²) < 4.78 is 29.2. The van der Waals surface area contributed by atoms with Crippen molar-refractivity contribution in [2.45, 2.75) is 49.6 Å². The van der Waals surface area contributed by atoms with E-state index >= 15 is 0 Å². The summed E-state index contributed by atoms with van der Waals surface area (Å²) in [5.74, 6) is 0.577. The molecule has 4 atom stereocenters. The summed E-state index contributed by atoms with van der Waals surface area (Å²) in [6.45, 7) is 3.82. The number of fused-ring (bicyclic) bond motifs is 3. The van der Waals surface area contributed by atoms with E-state index in [2.05, 4.69) is 38.1 Å². The van der Waals surface area contributed by atoms with Gasteiger partial charge in [-0.1, -0.05) is 35.0 Å². The van der Waals surface area contributed by atoms with E-state index in [1.165, 1.54) is 0 Å². The summed E-state index contributed by atoms with van der Waals surface area (Å²) in [5, 5.41) is 14.0. The van der Waals surface area contributed by atoms with Crippen LogP contribution in [0, 0.1) is 5.92 Å². The first-order valence-corrected chi connectivity index (χ1v) is 12.2. The molecule has 2 aromatic carbocycles. The molecule has 0 fully saturated rings. The number of phenolic OH excluding ortho intramolecular Hbond substituents is 1. The van der Waals surface area contributed by atoms with Crippen molar-refractivity contribution in [1.82, 2.24) is 4.72 Å². The van der Waals surface area contributed by atoms with Crippen molar-refractivity contribution in [1.29, 1.82) is 0 Å². The molecule has 7 heteroatoms. The van der Waals surface area contributed by atoms with Crippen LogP contribution < -0.4 is 10.0 Å². The second-order valence-corrected chi connectivity index (χ2v) is 10.5. The molecule has 0 bridgehead atoms. The van der Waals surface area contributed by atoms with Crippen molar-refractivity contribution < 1.29 is 13.5 Å². The summed E-state index contributed by atoms with van der Waals surface area (Å²) in [7, 11) is -3.56. The van der Waals surface area contributed by atoms with Crippen molar-refractivity contribution in [2.24, 2.45) is 5.92 Å². The predicted molar refractivity (Wildman–Crippen MR) is 119 cm³/mol. The lowest BCUT2D eigenvalue weighted by atomic mass is 9.77. The summed E-state index contributed by atoms with van der Waals surface area (Å²) in [5.41, 5.74) is 2.74. The maximum Gasteiger partial charge on any atom is 0.240 e. The third-order valence-electron chi connectivity index (χ3n) is 5.94. The van der Waals surface area contributed by atoms with E-state index in [0.29, 0.717) is 4.90 Å². The van der Waals surface area contributed by atoms with E-state index in [1.54, 1.807) is 18.2 Å². The van der Waals surface area contributed by atoms with Gasteiger partial charge in [-0.05, 0) is 67.6 Å². The second-order valence-electron chi connectivity index (χ2n) is 7.86. The normalized spacial score (nSPS) is 23.9. The van der Waals surface area contributed by atoms with Gasteiger partial charge in [0.05, 0.1) is 10.9 Å². The number of sulfonamides is 1. The zero-order valence-electron chi connectivity index (χ0n) is 16.4. The lowest BCUT2D eigenvalue weighted by Crippen LogP contribution is -2.33. The fourth-order valence-corrected chi connectivity index (χ4v) is 5.98. The van der Waals surface area contributed by atoms with Crippen LogP contribution >= 0.6 is 15.9 Å². The molecule has 1 heterocycles. The number of nitrogens with one attached hydrogen (secondary N) is 2. The molecule has 1 aliphatic heterocycles. The highest BCUT2D eigenvalue weighted by molar-refractivity contribution is 9.10. The Bertz CT molecular complexity index is 1070. The van der Waals surface area contributed by atoms with Gasteiger partial charge in [-0.2, -0.15) is 0 Å². The topological polar surface area (TPSA) is 78.4 Å². The largest absolute Gasteiger partial charge is 0.508 e. The second kappa shape index (κ2) is 7.78. The van der Waals surface area contributed by atoms with Crippen LogP contribution in [0.15, 0.2) is 57.9 Å². The monoisotopic (exact) mass is 476 g/mol. The molecule has 1 aliphatic carbocycles. The maximum absolute atomic E-state index is 12.8. The van der Waals surface area contributed by atoms with E-state index in [4.69, 9.17) is 0 Å². The Balaban J connectivity index is 1.73. The van der Waals surface area contributed by atoms with Crippen LogP contribution in [-0.2, 0) is 10.0 Å². The molecule has 3 N–H and O–H groups in total. The highest BCUT2D eigenvalue weighted by Crippen LogP contribution is 2.51. The molecular formula is C22H25BrN2O3S. The lowest BCUT2D eigenvalue weighted by Gasteiger charge is -2.38. The first kappa shape index (κ1) is 20.4. The zero-order chi connectivity index (χ0) is 20.8. The molecule has 5 nitrogen and oxygen atoms in total. The third kappa shape index (κ3) is 3.83. The summed E-state index contributed by atoms with van der Waals surface area (Å²) in [6.07, 6.45) is 5.91. The van der Waals surface area contributed by atoms with Gasteiger partial charge in [-0.25, -0.2) is 13.1 Å². The highest BCUT2D eigenvalue weighted by atomic mass is 79.9. The van der Waals surface area contributed by atoms with Crippen LogP contribution in [0.25, 0.3) is 0 Å². The lowest BCUT2D eigenvalue weighted by molar-refractivity contribution is 0.402. The van der Waals surface area contributed by atoms with Crippen LogP contribution in [0.4, 0.5) is 5.69 Å². The van der Waals surface area contributed by atoms with E-state index in [-0.39, 0.29) is 29.7 Å². The Morgan fingerprint density at radius 1 is 1.24 bits per heavy atom. The Kier molecular flexibility index (Phi) is 5.48. The third-order valence-corrected chi connectivity index (χ3v) is 8.02. The molecule has 0 radical (unpaired) electrons. The molecule has 0 amide bonds. The van der Waals surface area contributed by atoms with E-state index < -0.39 is 10.0 Å². The van der Waals surface area contributed by atoms with Gasteiger partial charge in [0.2, 0.25) is 10.0 Å². The number of benzene rings is 2. The summed E-state index contributed by atoms with van der Waals surface area (Å²) in [6, 6.07) is 10.6. The minimum Gasteiger partial charge on any atom is -0.508 e. The van der Waals surface area contributed by atoms with Crippen molar-refractivity contribution in [3.63, 3.8) is 0 Å². The number of aromatic hydroxyl groups is 1. The molecule has 0 saturated carbocycles. The molecule has 154 valence electrons. The van der Waals surface area contributed by atoms with Gasteiger partial charge >= 0.3 is 0 Å². The fraction of sp³-hybridized carbons (Fsp3) is 0.364. The smallest absolute Gasteiger partial charge is 0.240 e. The quantitative estimate of drug-likeness (QED) is 0.527. The molecular weight excluding hydrogens is 452 g/mol. The van der Waals surface area contributed by atoms with Gasteiger partial charge < -0.3 is 10.4 Å². The van der Waals surface area contributed by atoms with Gasteiger partial charge in [0, 0.05) is 27.7 Å². The number of anilines is 1. The molecule has 2 aromatic rings. The molecule has 0 spiro atoms. The Morgan fingerprint density at radius 3 is 2.79 bits per heavy atom. The van der Waals surface area contributed by atoms with Crippen molar-refractivity contribution in [3.8, 4) is 5.75 Å². The average molecular weight is 477 g/mol. The van der Waals surface area contributed by atoms with Gasteiger partial charge in [0.25, 0.3) is 0 Å². The molecule has 4 rings (SSSR count). The number of allylic oxidation sites excluding steroid dienone is 2. The molecule has 4 unspecified atom stereocenters. The summed E-state index contributed by atoms with van der Waals surface area (Å²) in [4.78, 5) is 0.293. The molecule has 0 aromatic heterocycles. The van der Waals surface area contributed by atoms with Crippen LogP contribution in [0.3, 0.4) is 0 Å². The highest BCUT2D eigenvalue weighted by Gasteiger charge is 2.39. The van der Waals surface area contributed by atoms with Crippen LogP contribution in [-0.4, -0.2) is 19.6 Å². The van der Waals surface area contributed by atoms with Gasteiger partial charge in [0.1, 0.15) is 5.75 Å². The number of hydrogen-bond acceptors (Lipinski definition) is 4. The Labute approximate surface area is 180 Å². The van der Waals surface area contributed by atoms with Crippen molar-refractivity contribution in [2.75, 3.05) is 5.32 Å². The SMILES string of the molecule is CCC(C)NS(=O)(=O)c1ccc2c(c1)C1C=CCC1C(c1cc(Br)ccc1O)N2. The predicted octanol–water partition coefficient (Wildman–Crippen LogP) is 5.06. The van der Waals surface area contributed by atoms with Crippen LogP contribution in [0.2, 0.25) is 0 Å². The van der Waals surface area contributed by atoms with Gasteiger partial charge in [0.15, 0.2) is 0 Å².